The van der Waals surface area contributed by atoms with Gasteiger partial charge >= 0.3 is 0 Å². The van der Waals surface area contributed by atoms with E-state index in [0.29, 0.717) is 15.9 Å². The molecule has 1 aromatic heterocycles. The molecule has 8 rings (SSSR count). The van der Waals surface area contributed by atoms with Crippen molar-refractivity contribution in [3.63, 3.8) is 0 Å². The summed E-state index contributed by atoms with van der Waals surface area (Å²) in [5.41, 5.74) is 7.69. The molecule has 6 aromatic rings. The first kappa shape index (κ1) is 27.4. The number of hydrogen-bond donors (Lipinski definition) is 0. The Morgan fingerprint density at radius 1 is 0.867 bits per heavy atom. The maximum Gasteiger partial charge on any atom is 0.271 e. The number of aryl methyl sites for hydroxylation is 1. The third-order valence-corrected chi connectivity index (χ3v) is 9.72. The van der Waals surface area contributed by atoms with Crippen molar-refractivity contribution in [2.75, 3.05) is 7.11 Å². The molecule has 0 N–H and O–H groups in total. The zero-order valence-electron chi connectivity index (χ0n) is 24.8. The van der Waals surface area contributed by atoms with E-state index in [9.17, 15) is 4.79 Å². The quantitative estimate of drug-likeness (QED) is 0.204. The number of fused-ring (bicyclic) bond motifs is 4. The first-order valence-electron chi connectivity index (χ1n) is 15.1. The van der Waals surface area contributed by atoms with E-state index >= 15 is 0 Å². The fraction of sp³-hybridized carbons (Fsp3) is 0.128. The summed E-state index contributed by atoms with van der Waals surface area (Å²) in [7, 11) is 1.67. The molecule has 220 valence electrons. The predicted molar refractivity (Wildman–Crippen MR) is 180 cm³/mol. The van der Waals surface area contributed by atoms with Gasteiger partial charge < -0.3 is 9.47 Å². The van der Waals surface area contributed by atoms with E-state index in [1.54, 1.807) is 7.11 Å². The Morgan fingerprint density at radius 2 is 1.67 bits per heavy atom. The predicted octanol–water partition coefficient (Wildman–Crippen LogP) is 7.06. The molecule has 0 amide bonds. The molecular weight excluding hydrogens is 577 g/mol. The molecule has 45 heavy (non-hydrogen) atoms. The first-order valence-corrected chi connectivity index (χ1v) is 15.9. The summed E-state index contributed by atoms with van der Waals surface area (Å²) in [5, 5.41) is 2.40. The van der Waals surface area contributed by atoms with Crippen LogP contribution in [0.1, 0.15) is 40.3 Å². The lowest BCUT2D eigenvalue weighted by molar-refractivity contribution is 0.307. The highest BCUT2D eigenvalue weighted by molar-refractivity contribution is 7.07. The van der Waals surface area contributed by atoms with Crippen molar-refractivity contribution >= 4 is 33.9 Å². The van der Waals surface area contributed by atoms with Gasteiger partial charge in [0.15, 0.2) is 4.80 Å². The molecule has 0 radical (unpaired) electrons. The molecule has 0 fully saturated rings. The Kier molecular flexibility index (Phi) is 6.92. The molecule has 0 saturated heterocycles. The number of benzene rings is 5. The van der Waals surface area contributed by atoms with Crippen molar-refractivity contribution in [2.24, 2.45) is 4.99 Å². The van der Waals surface area contributed by atoms with Gasteiger partial charge in [-0.05, 0) is 81.8 Å². The van der Waals surface area contributed by atoms with Gasteiger partial charge in [-0.3, -0.25) is 9.36 Å². The SMILES string of the molecule is COc1cccc([C@@H]2C3=C(N=c4s/c(=C/c5ccc(OCc6cccc7ccccc67)cc5)c(=O)n42)c2ccccc2CC3)c1. The summed E-state index contributed by atoms with van der Waals surface area (Å²) in [5.74, 6) is 1.55. The van der Waals surface area contributed by atoms with Crippen LogP contribution >= 0.6 is 11.3 Å². The number of rotatable bonds is 6. The van der Waals surface area contributed by atoms with Crippen molar-refractivity contribution in [2.45, 2.75) is 25.5 Å². The van der Waals surface area contributed by atoms with Crippen LogP contribution in [0.3, 0.4) is 0 Å². The summed E-state index contributed by atoms with van der Waals surface area (Å²) in [4.78, 5) is 20.0. The monoisotopic (exact) mass is 606 g/mol. The van der Waals surface area contributed by atoms with Crippen molar-refractivity contribution in [1.82, 2.24) is 4.57 Å². The van der Waals surface area contributed by atoms with E-state index in [0.717, 1.165) is 52.3 Å². The molecule has 0 bridgehead atoms. The molecule has 1 aliphatic heterocycles. The van der Waals surface area contributed by atoms with E-state index in [2.05, 4.69) is 72.8 Å². The minimum absolute atomic E-state index is 0.0340. The molecule has 0 spiro atoms. The Bertz CT molecular complexity index is 2290. The van der Waals surface area contributed by atoms with Crippen LogP contribution in [-0.4, -0.2) is 11.7 Å². The number of hydrogen-bond acceptors (Lipinski definition) is 5. The average molecular weight is 607 g/mol. The minimum atomic E-state index is -0.244. The first-order chi connectivity index (χ1) is 22.2. The van der Waals surface area contributed by atoms with Crippen molar-refractivity contribution < 1.29 is 9.47 Å². The highest BCUT2D eigenvalue weighted by Gasteiger charge is 2.32. The van der Waals surface area contributed by atoms with Crippen LogP contribution in [0.15, 0.2) is 131 Å². The van der Waals surface area contributed by atoms with Crippen LogP contribution in [0, 0.1) is 0 Å². The Labute approximate surface area is 264 Å². The second kappa shape index (κ2) is 11.4. The van der Waals surface area contributed by atoms with Gasteiger partial charge in [-0.1, -0.05) is 102 Å². The fourth-order valence-corrected chi connectivity index (χ4v) is 7.53. The molecule has 2 heterocycles. The standard InChI is InChI=1S/C39H30N2O3S/c1-43-31-13-7-11-28(23-31)37-34-21-18-27-9-3-5-15-33(27)36(34)40-39-41(37)38(42)35(45-39)22-25-16-19-30(20-17-25)44-24-29-12-6-10-26-8-2-4-14-32(26)29/h2-17,19-20,22-23,37H,18,21,24H2,1H3/b35-22+/t37-/m1/s1. The summed E-state index contributed by atoms with van der Waals surface area (Å²) in [6.45, 7) is 0.483. The lowest BCUT2D eigenvalue weighted by Crippen LogP contribution is -2.38. The minimum Gasteiger partial charge on any atom is -0.497 e. The summed E-state index contributed by atoms with van der Waals surface area (Å²) in [6.07, 6.45) is 3.73. The van der Waals surface area contributed by atoms with Crippen LogP contribution in [0.25, 0.3) is 22.5 Å². The fourth-order valence-electron chi connectivity index (χ4n) is 6.53. The smallest absolute Gasteiger partial charge is 0.271 e. The lowest BCUT2D eigenvalue weighted by Gasteiger charge is -2.31. The van der Waals surface area contributed by atoms with Crippen LogP contribution < -0.4 is 24.4 Å². The van der Waals surface area contributed by atoms with Gasteiger partial charge in [0.25, 0.3) is 5.56 Å². The number of thiazole rings is 1. The second-order valence-electron chi connectivity index (χ2n) is 11.4. The van der Waals surface area contributed by atoms with Gasteiger partial charge in [-0.15, -0.1) is 0 Å². The van der Waals surface area contributed by atoms with E-state index in [-0.39, 0.29) is 11.6 Å². The highest BCUT2D eigenvalue weighted by Crippen LogP contribution is 2.41. The molecule has 5 nitrogen and oxygen atoms in total. The zero-order valence-corrected chi connectivity index (χ0v) is 25.6. The van der Waals surface area contributed by atoms with Crippen LogP contribution in [-0.2, 0) is 13.0 Å². The van der Waals surface area contributed by atoms with Gasteiger partial charge in [0.2, 0.25) is 0 Å². The Balaban J connectivity index is 1.15. The number of allylic oxidation sites excluding steroid dienone is 1. The lowest BCUT2D eigenvalue weighted by atomic mass is 9.83. The van der Waals surface area contributed by atoms with Gasteiger partial charge in [0, 0.05) is 5.56 Å². The van der Waals surface area contributed by atoms with Gasteiger partial charge in [0.1, 0.15) is 18.1 Å². The zero-order chi connectivity index (χ0) is 30.3. The van der Waals surface area contributed by atoms with Crippen molar-refractivity contribution in [1.29, 1.82) is 0 Å². The number of aromatic nitrogens is 1. The molecule has 6 heteroatoms. The largest absolute Gasteiger partial charge is 0.497 e. The summed E-state index contributed by atoms with van der Waals surface area (Å²) in [6, 6.07) is 38.8. The average Bonchev–Trinajstić information content (AvgIpc) is 3.40. The van der Waals surface area contributed by atoms with E-state index in [1.807, 2.05) is 53.1 Å². The van der Waals surface area contributed by atoms with Crippen LogP contribution in [0.5, 0.6) is 11.5 Å². The third-order valence-electron chi connectivity index (χ3n) is 8.73. The van der Waals surface area contributed by atoms with Crippen LogP contribution in [0.4, 0.5) is 0 Å². The normalized spacial score (nSPS) is 15.7. The maximum atomic E-state index is 14.1. The highest BCUT2D eigenvalue weighted by atomic mass is 32.1. The van der Waals surface area contributed by atoms with Crippen molar-refractivity contribution in [3.05, 3.63) is 168 Å². The summed E-state index contributed by atoms with van der Waals surface area (Å²) < 4.78 is 14.2. The molecule has 0 saturated carbocycles. The molecule has 2 aliphatic rings. The van der Waals surface area contributed by atoms with Crippen LogP contribution in [0.2, 0.25) is 0 Å². The topological polar surface area (TPSA) is 52.8 Å². The van der Waals surface area contributed by atoms with Gasteiger partial charge in [-0.25, -0.2) is 4.99 Å². The second-order valence-corrected chi connectivity index (χ2v) is 12.4. The van der Waals surface area contributed by atoms with E-state index in [4.69, 9.17) is 14.5 Å². The molecular formula is C39H30N2O3S. The number of ether oxygens (including phenoxy) is 2. The summed E-state index contributed by atoms with van der Waals surface area (Å²) >= 11 is 1.44. The van der Waals surface area contributed by atoms with E-state index in [1.165, 1.54) is 33.2 Å². The van der Waals surface area contributed by atoms with E-state index < -0.39 is 0 Å². The van der Waals surface area contributed by atoms with Gasteiger partial charge in [-0.2, -0.15) is 0 Å². The van der Waals surface area contributed by atoms with Gasteiger partial charge in [0.05, 0.1) is 23.4 Å². The molecule has 1 aliphatic carbocycles. The maximum absolute atomic E-state index is 14.1. The number of nitrogens with zero attached hydrogens (tertiary/aromatic N) is 2. The molecule has 5 aromatic carbocycles. The molecule has 1 atom stereocenters. The third kappa shape index (κ3) is 4.97. The Hall–Kier alpha value is -5.20. The molecule has 0 unspecified atom stereocenters. The Morgan fingerprint density at radius 3 is 2.56 bits per heavy atom. The van der Waals surface area contributed by atoms with Crippen molar-refractivity contribution in [3.8, 4) is 11.5 Å². The number of methoxy groups -OCH3 is 1.